The molecule has 8 heteroatoms. The van der Waals surface area contributed by atoms with Crippen LogP contribution in [0.5, 0.6) is 0 Å². The van der Waals surface area contributed by atoms with Gasteiger partial charge in [0.25, 0.3) is 0 Å². The van der Waals surface area contributed by atoms with E-state index in [4.69, 9.17) is 16.3 Å². The van der Waals surface area contributed by atoms with E-state index in [2.05, 4.69) is 15.2 Å². The van der Waals surface area contributed by atoms with Crippen LogP contribution in [-0.4, -0.2) is 49.6 Å². The Balaban J connectivity index is 0.00000261. The zero-order valence-corrected chi connectivity index (χ0v) is 18.7. The van der Waals surface area contributed by atoms with Gasteiger partial charge in [0.15, 0.2) is 5.96 Å². The normalized spacial score (nSPS) is 22.8. The minimum absolute atomic E-state index is 0. The first-order valence-corrected chi connectivity index (χ1v) is 9.50. The molecule has 0 bridgehead atoms. The van der Waals surface area contributed by atoms with Crippen molar-refractivity contribution in [2.45, 2.75) is 38.1 Å². The van der Waals surface area contributed by atoms with Crippen molar-refractivity contribution in [3.63, 3.8) is 0 Å². The molecule has 1 aromatic carbocycles. The van der Waals surface area contributed by atoms with E-state index in [-0.39, 0.29) is 53.6 Å². The number of nitrogens with zero attached hydrogens (tertiary/aromatic N) is 2. The summed E-state index contributed by atoms with van der Waals surface area (Å²) in [4.78, 5) is 18.4. The number of benzene rings is 1. The van der Waals surface area contributed by atoms with E-state index in [1.165, 1.54) is 13.2 Å². The standard InChI is InChI=1S/C19H25ClFN3O2.HI/c1-3-22-19(24-9-7-12(8-10-24)18(25)26-2)23-16-11-13(16)17-14(20)5-4-6-15(17)21;/h4-6,12-13,16H,3,7-11H2,1-2H3,(H,22,23);1H. The van der Waals surface area contributed by atoms with Crippen LogP contribution in [-0.2, 0) is 9.53 Å². The number of esters is 1. The van der Waals surface area contributed by atoms with Crippen molar-refractivity contribution in [1.29, 1.82) is 0 Å². The van der Waals surface area contributed by atoms with Gasteiger partial charge in [-0.2, -0.15) is 0 Å². The lowest BCUT2D eigenvalue weighted by atomic mass is 9.97. The summed E-state index contributed by atoms with van der Waals surface area (Å²) in [5.74, 6) is 0.474. The lowest BCUT2D eigenvalue weighted by Gasteiger charge is -2.33. The second kappa shape index (κ2) is 9.91. The quantitative estimate of drug-likeness (QED) is 0.290. The fraction of sp³-hybridized carbons (Fsp3) is 0.579. The first-order valence-electron chi connectivity index (χ1n) is 9.12. The van der Waals surface area contributed by atoms with Crippen molar-refractivity contribution < 1.29 is 13.9 Å². The topological polar surface area (TPSA) is 53.9 Å². The molecule has 1 saturated carbocycles. The van der Waals surface area contributed by atoms with E-state index in [0.717, 1.165) is 38.3 Å². The minimum Gasteiger partial charge on any atom is -0.469 e. The molecule has 0 amide bonds. The first-order chi connectivity index (χ1) is 12.5. The Morgan fingerprint density at radius 1 is 1.41 bits per heavy atom. The van der Waals surface area contributed by atoms with Crippen LogP contribution in [0, 0.1) is 11.7 Å². The molecular formula is C19H26ClFIN3O2. The Bertz CT molecular complexity index is 675. The van der Waals surface area contributed by atoms with Crippen LogP contribution in [0.3, 0.4) is 0 Å². The van der Waals surface area contributed by atoms with Gasteiger partial charge in [0.2, 0.25) is 0 Å². The van der Waals surface area contributed by atoms with Crippen LogP contribution in [0.4, 0.5) is 4.39 Å². The number of aliphatic imine (C=N–C) groups is 1. The summed E-state index contributed by atoms with van der Waals surface area (Å²) < 4.78 is 19.0. The van der Waals surface area contributed by atoms with Gasteiger partial charge >= 0.3 is 5.97 Å². The highest BCUT2D eigenvalue weighted by Crippen LogP contribution is 2.45. The molecule has 2 fully saturated rings. The molecule has 1 heterocycles. The molecule has 5 nitrogen and oxygen atoms in total. The summed E-state index contributed by atoms with van der Waals surface area (Å²) in [5, 5.41) is 3.94. The molecule has 1 aliphatic carbocycles. The summed E-state index contributed by atoms with van der Waals surface area (Å²) in [7, 11) is 1.43. The number of hydrogen-bond acceptors (Lipinski definition) is 3. The summed E-state index contributed by atoms with van der Waals surface area (Å²) in [6, 6.07) is 4.94. The first kappa shape index (κ1) is 22.2. The maximum absolute atomic E-state index is 14.1. The lowest BCUT2D eigenvalue weighted by Crippen LogP contribution is -2.47. The van der Waals surface area contributed by atoms with E-state index in [1.807, 2.05) is 6.92 Å². The zero-order chi connectivity index (χ0) is 18.7. The Kier molecular flexibility index (Phi) is 8.15. The number of nitrogens with one attached hydrogen (secondary N) is 1. The highest BCUT2D eigenvalue weighted by molar-refractivity contribution is 14.0. The highest BCUT2D eigenvalue weighted by Gasteiger charge is 2.42. The van der Waals surface area contributed by atoms with Gasteiger partial charge in [-0.05, 0) is 38.3 Å². The summed E-state index contributed by atoms with van der Waals surface area (Å²) in [6.45, 7) is 4.16. The minimum atomic E-state index is -0.250. The number of carbonyl (C=O) groups excluding carboxylic acids is 1. The average molecular weight is 510 g/mol. The smallest absolute Gasteiger partial charge is 0.308 e. The molecule has 0 aromatic heterocycles. The van der Waals surface area contributed by atoms with E-state index < -0.39 is 0 Å². The molecular weight excluding hydrogens is 484 g/mol. The van der Waals surface area contributed by atoms with Gasteiger partial charge in [0.05, 0.1) is 13.0 Å². The number of carbonyl (C=O) groups is 1. The third kappa shape index (κ3) is 5.25. The van der Waals surface area contributed by atoms with Crippen molar-refractivity contribution in [1.82, 2.24) is 10.2 Å². The van der Waals surface area contributed by atoms with Crippen LogP contribution >= 0.6 is 35.6 Å². The van der Waals surface area contributed by atoms with Crippen LogP contribution in [0.2, 0.25) is 5.02 Å². The van der Waals surface area contributed by atoms with Crippen molar-refractivity contribution in [2.75, 3.05) is 26.7 Å². The van der Waals surface area contributed by atoms with E-state index >= 15 is 0 Å². The third-order valence-electron chi connectivity index (χ3n) is 5.11. The molecule has 1 N–H and O–H groups in total. The van der Waals surface area contributed by atoms with Crippen LogP contribution in [0.25, 0.3) is 0 Å². The molecule has 1 aliphatic heterocycles. The van der Waals surface area contributed by atoms with Crippen molar-refractivity contribution >= 4 is 47.5 Å². The Morgan fingerprint density at radius 2 is 2.11 bits per heavy atom. The largest absolute Gasteiger partial charge is 0.469 e. The number of hydrogen-bond donors (Lipinski definition) is 1. The summed E-state index contributed by atoms with van der Waals surface area (Å²) >= 11 is 6.18. The predicted octanol–water partition coefficient (Wildman–Crippen LogP) is 3.80. The number of guanidine groups is 1. The van der Waals surface area contributed by atoms with Gasteiger partial charge in [0, 0.05) is 42.2 Å². The maximum Gasteiger partial charge on any atom is 0.308 e. The third-order valence-corrected chi connectivity index (χ3v) is 5.44. The van der Waals surface area contributed by atoms with Gasteiger partial charge in [-0.3, -0.25) is 9.79 Å². The number of methoxy groups -OCH3 is 1. The number of rotatable bonds is 4. The van der Waals surface area contributed by atoms with Gasteiger partial charge in [-0.15, -0.1) is 24.0 Å². The average Bonchev–Trinajstić information content (AvgIpc) is 3.39. The fourth-order valence-corrected chi connectivity index (χ4v) is 3.89. The maximum atomic E-state index is 14.1. The number of halogens is 3. The molecule has 2 atom stereocenters. The predicted molar refractivity (Wildman–Crippen MR) is 115 cm³/mol. The Hall–Kier alpha value is -1.09. The van der Waals surface area contributed by atoms with Crippen molar-refractivity contribution in [2.24, 2.45) is 10.9 Å². The van der Waals surface area contributed by atoms with E-state index in [1.54, 1.807) is 12.1 Å². The Morgan fingerprint density at radius 3 is 2.70 bits per heavy atom. The van der Waals surface area contributed by atoms with Crippen LogP contribution in [0.15, 0.2) is 23.2 Å². The van der Waals surface area contributed by atoms with Crippen LogP contribution in [0.1, 0.15) is 37.7 Å². The molecule has 2 unspecified atom stereocenters. The van der Waals surface area contributed by atoms with Crippen LogP contribution < -0.4 is 5.32 Å². The number of piperidine rings is 1. The SMILES string of the molecule is CCN=C(NC1CC1c1c(F)cccc1Cl)N1CCC(C(=O)OC)CC1.I. The van der Waals surface area contributed by atoms with Crippen molar-refractivity contribution in [3.05, 3.63) is 34.6 Å². The van der Waals surface area contributed by atoms with Crippen molar-refractivity contribution in [3.8, 4) is 0 Å². The molecule has 27 heavy (non-hydrogen) atoms. The lowest BCUT2D eigenvalue weighted by molar-refractivity contribution is -0.146. The number of ether oxygens (including phenoxy) is 1. The molecule has 0 spiro atoms. The molecule has 1 aromatic rings. The molecule has 0 radical (unpaired) electrons. The van der Waals surface area contributed by atoms with Gasteiger partial charge in [0.1, 0.15) is 5.82 Å². The second-order valence-corrected chi connectivity index (χ2v) is 7.22. The zero-order valence-electron chi connectivity index (χ0n) is 15.6. The van der Waals surface area contributed by atoms with Gasteiger partial charge in [-0.1, -0.05) is 17.7 Å². The van der Waals surface area contributed by atoms with Gasteiger partial charge in [-0.25, -0.2) is 4.39 Å². The fourth-order valence-electron chi connectivity index (χ4n) is 3.58. The monoisotopic (exact) mass is 509 g/mol. The van der Waals surface area contributed by atoms with E-state index in [9.17, 15) is 9.18 Å². The molecule has 2 aliphatic rings. The molecule has 1 saturated heterocycles. The Labute approximate surface area is 181 Å². The summed E-state index contributed by atoms with van der Waals surface area (Å²) in [6.07, 6.45) is 2.34. The van der Waals surface area contributed by atoms with Gasteiger partial charge < -0.3 is 15.0 Å². The highest BCUT2D eigenvalue weighted by atomic mass is 127. The molecule has 150 valence electrons. The second-order valence-electron chi connectivity index (χ2n) is 6.81. The summed E-state index contributed by atoms with van der Waals surface area (Å²) in [5.41, 5.74) is 0.590. The van der Waals surface area contributed by atoms with E-state index in [0.29, 0.717) is 17.1 Å². The molecule has 3 rings (SSSR count). The number of likely N-dealkylation sites (tertiary alicyclic amines) is 1.